The van der Waals surface area contributed by atoms with Gasteiger partial charge in [0.05, 0.1) is 22.8 Å². The summed E-state index contributed by atoms with van der Waals surface area (Å²) in [5.41, 5.74) is 2.89. The van der Waals surface area contributed by atoms with Crippen LogP contribution in [0.5, 0.6) is 0 Å². The fourth-order valence-corrected chi connectivity index (χ4v) is 3.17. The number of ether oxygens (including phenoxy) is 1. The first-order chi connectivity index (χ1) is 10.3. The van der Waals surface area contributed by atoms with E-state index in [2.05, 4.69) is 10.3 Å². The number of aromatic nitrogens is 2. The number of rotatable bonds is 3. The second kappa shape index (κ2) is 5.26. The summed E-state index contributed by atoms with van der Waals surface area (Å²) < 4.78 is 5.89. The highest BCUT2D eigenvalue weighted by molar-refractivity contribution is 5.76. The van der Waals surface area contributed by atoms with E-state index in [1.54, 1.807) is 0 Å². The minimum Gasteiger partial charge on any atom is -0.378 e. The third kappa shape index (κ3) is 2.72. The van der Waals surface area contributed by atoms with E-state index in [1.165, 1.54) is 12.8 Å². The Morgan fingerprint density at radius 3 is 2.62 bits per heavy atom. The van der Waals surface area contributed by atoms with E-state index in [0.717, 1.165) is 47.9 Å². The van der Waals surface area contributed by atoms with E-state index in [0.29, 0.717) is 12.1 Å². The van der Waals surface area contributed by atoms with Gasteiger partial charge in [0.1, 0.15) is 5.82 Å². The number of fused-ring (bicyclic) bond motifs is 1. The highest BCUT2D eigenvalue weighted by Gasteiger charge is 2.36. The normalized spacial score (nSPS) is 26.0. The number of para-hydroxylation sites is 2. The molecule has 4 nitrogen and oxygen atoms in total. The molecule has 2 aliphatic rings. The van der Waals surface area contributed by atoms with Gasteiger partial charge >= 0.3 is 0 Å². The van der Waals surface area contributed by atoms with Crippen molar-refractivity contribution in [1.29, 1.82) is 0 Å². The van der Waals surface area contributed by atoms with Gasteiger partial charge in [-0.05, 0) is 50.7 Å². The SMILES string of the molecule is Cc1nc2ccccc2nc1NC1CCOC(C2CC2)C1. The summed E-state index contributed by atoms with van der Waals surface area (Å²) in [6.45, 7) is 2.89. The number of nitrogens with one attached hydrogen (secondary N) is 1. The second-order valence-electron chi connectivity index (χ2n) is 6.26. The molecule has 4 rings (SSSR count). The molecular weight excluding hydrogens is 262 g/mol. The Kier molecular flexibility index (Phi) is 3.26. The van der Waals surface area contributed by atoms with Gasteiger partial charge in [-0.25, -0.2) is 9.97 Å². The molecule has 21 heavy (non-hydrogen) atoms. The van der Waals surface area contributed by atoms with Gasteiger partial charge < -0.3 is 10.1 Å². The van der Waals surface area contributed by atoms with E-state index in [9.17, 15) is 0 Å². The zero-order valence-electron chi connectivity index (χ0n) is 12.4. The molecule has 0 radical (unpaired) electrons. The van der Waals surface area contributed by atoms with Crippen molar-refractivity contribution >= 4 is 16.9 Å². The summed E-state index contributed by atoms with van der Waals surface area (Å²) in [5.74, 6) is 1.73. The van der Waals surface area contributed by atoms with Gasteiger partial charge in [-0.1, -0.05) is 12.1 Å². The average molecular weight is 283 g/mol. The predicted octanol–water partition coefficient (Wildman–Crippen LogP) is 3.31. The lowest BCUT2D eigenvalue weighted by Gasteiger charge is -2.30. The van der Waals surface area contributed by atoms with Crippen molar-refractivity contribution in [1.82, 2.24) is 9.97 Å². The number of hydrogen-bond acceptors (Lipinski definition) is 4. The van der Waals surface area contributed by atoms with Crippen LogP contribution >= 0.6 is 0 Å². The lowest BCUT2D eigenvalue weighted by Crippen LogP contribution is -2.35. The molecule has 2 heterocycles. The summed E-state index contributed by atoms with van der Waals surface area (Å²) in [6.07, 6.45) is 5.28. The fraction of sp³-hybridized carbons (Fsp3) is 0.529. The maximum Gasteiger partial charge on any atom is 0.148 e. The van der Waals surface area contributed by atoms with Crippen LogP contribution in [0.3, 0.4) is 0 Å². The van der Waals surface area contributed by atoms with Crippen LogP contribution in [0.2, 0.25) is 0 Å². The molecule has 0 bridgehead atoms. The van der Waals surface area contributed by atoms with Crippen LogP contribution in [0.1, 0.15) is 31.4 Å². The molecule has 2 atom stereocenters. The molecule has 0 amide bonds. The summed E-state index contributed by atoms with van der Waals surface area (Å²) >= 11 is 0. The Hall–Kier alpha value is -1.68. The van der Waals surface area contributed by atoms with Crippen molar-refractivity contribution in [3.63, 3.8) is 0 Å². The standard InChI is InChI=1S/C17H21N3O/c1-11-17(20-15-5-3-2-4-14(15)18-11)19-13-8-9-21-16(10-13)12-6-7-12/h2-5,12-13,16H,6-10H2,1H3,(H,19,20). The van der Waals surface area contributed by atoms with E-state index in [1.807, 2.05) is 31.2 Å². The van der Waals surface area contributed by atoms with Gasteiger partial charge in [0, 0.05) is 12.6 Å². The molecule has 110 valence electrons. The third-order valence-corrected chi connectivity index (χ3v) is 4.55. The number of hydrogen-bond donors (Lipinski definition) is 1. The van der Waals surface area contributed by atoms with Crippen molar-refractivity contribution in [2.24, 2.45) is 5.92 Å². The predicted molar refractivity (Wildman–Crippen MR) is 83.4 cm³/mol. The Morgan fingerprint density at radius 1 is 1.10 bits per heavy atom. The van der Waals surface area contributed by atoms with E-state index < -0.39 is 0 Å². The summed E-state index contributed by atoms with van der Waals surface area (Å²) in [6, 6.07) is 8.50. The van der Waals surface area contributed by atoms with Gasteiger partial charge in [-0.2, -0.15) is 0 Å². The zero-order chi connectivity index (χ0) is 14.2. The topological polar surface area (TPSA) is 47.0 Å². The molecule has 2 aromatic rings. The molecule has 1 aliphatic heterocycles. The molecule has 1 aliphatic carbocycles. The van der Waals surface area contributed by atoms with Crippen LogP contribution in [-0.2, 0) is 4.74 Å². The van der Waals surface area contributed by atoms with Crippen molar-refractivity contribution in [3.8, 4) is 0 Å². The Bertz CT molecular complexity index is 654. The molecule has 1 aromatic heterocycles. The summed E-state index contributed by atoms with van der Waals surface area (Å²) in [7, 11) is 0. The minimum absolute atomic E-state index is 0.449. The van der Waals surface area contributed by atoms with Crippen molar-refractivity contribution < 1.29 is 4.74 Å². The van der Waals surface area contributed by atoms with Crippen LogP contribution in [0.25, 0.3) is 11.0 Å². The Labute approximate surface area is 124 Å². The molecule has 0 spiro atoms. The monoisotopic (exact) mass is 283 g/mol. The highest BCUT2D eigenvalue weighted by Crippen LogP contribution is 2.38. The maximum atomic E-state index is 5.89. The van der Waals surface area contributed by atoms with E-state index in [4.69, 9.17) is 9.72 Å². The highest BCUT2D eigenvalue weighted by atomic mass is 16.5. The maximum absolute atomic E-state index is 5.89. The lowest BCUT2D eigenvalue weighted by atomic mass is 10.00. The number of benzene rings is 1. The first-order valence-corrected chi connectivity index (χ1v) is 7.91. The van der Waals surface area contributed by atoms with Crippen LogP contribution in [0.15, 0.2) is 24.3 Å². The Morgan fingerprint density at radius 2 is 1.86 bits per heavy atom. The molecule has 1 aromatic carbocycles. The zero-order valence-corrected chi connectivity index (χ0v) is 12.4. The van der Waals surface area contributed by atoms with Gasteiger partial charge in [0.2, 0.25) is 0 Å². The van der Waals surface area contributed by atoms with Crippen LogP contribution in [0, 0.1) is 12.8 Å². The second-order valence-corrected chi connectivity index (χ2v) is 6.26. The molecule has 1 N–H and O–H groups in total. The van der Waals surface area contributed by atoms with Gasteiger partial charge in [-0.3, -0.25) is 0 Å². The Balaban J connectivity index is 1.54. The van der Waals surface area contributed by atoms with Crippen molar-refractivity contribution in [3.05, 3.63) is 30.0 Å². The summed E-state index contributed by atoms with van der Waals surface area (Å²) in [5, 5.41) is 3.60. The molecule has 4 heteroatoms. The number of anilines is 1. The van der Waals surface area contributed by atoms with Gasteiger partial charge in [-0.15, -0.1) is 0 Å². The van der Waals surface area contributed by atoms with E-state index >= 15 is 0 Å². The molecule has 1 saturated heterocycles. The average Bonchev–Trinajstić information content (AvgIpc) is 3.33. The quantitative estimate of drug-likeness (QED) is 0.939. The first kappa shape index (κ1) is 13.0. The lowest BCUT2D eigenvalue weighted by molar-refractivity contribution is -0.00224. The van der Waals surface area contributed by atoms with Gasteiger partial charge in [0.25, 0.3) is 0 Å². The smallest absolute Gasteiger partial charge is 0.148 e. The van der Waals surface area contributed by atoms with Gasteiger partial charge in [0.15, 0.2) is 0 Å². The van der Waals surface area contributed by atoms with Crippen LogP contribution in [0.4, 0.5) is 5.82 Å². The largest absolute Gasteiger partial charge is 0.378 e. The van der Waals surface area contributed by atoms with E-state index in [-0.39, 0.29) is 0 Å². The molecule has 2 fully saturated rings. The van der Waals surface area contributed by atoms with Crippen LogP contribution < -0.4 is 5.32 Å². The van der Waals surface area contributed by atoms with Crippen LogP contribution in [-0.4, -0.2) is 28.7 Å². The molecular formula is C17H21N3O. The van der Waals surface area contributed by atoms with Crippen molar-refractivity contribution in [2.75, 3.05) is 11.9 Å². The summed E-state index contributed by atoms with van der Waals surface area (Å²) in [4.78, 5) is 9.39. The first-order valence-electron chi connectivity index (χ1n) is 7.91. The number of nitrogens with zero attached hydrogens (tertiary/aromatic N) is 2. The molecule has 1 saturated carbocycles. The minimum atomic E-state index is 0.449. The third-order valence-electron chi connectivity index (χ3n) is 4.55. The fourth-order valence-electron chi connectivity index (χ4n) is 3.17. The van der Waals surface area contributed by atoms with Crippen molar-refractivity contribution in [2.45, 2.75) is 44.8 Å². The molecule has 2 unspecified atom stereocenters. The number of aryl methyl sites for hydroxylation is 1.